The van der Waals surface area contributed by atoms with Crippen molar-refractivity contribution in [2.75, 3.05) is 12.8 Å². The molecule has 102 valence electrons. The van der Waals surface area contributed by atoms with Gasteiger partial charge in [-0.25, -0.2) is 9.78 Å². The first-order valence-electron chi connectivity index (χ1n) is 5.26. The largest absolute Gasteiger partial charge is 0.480 e. The number of carbonyl (C=O) groups excluding carboxylic acids is 2. The van der Waals surface area contributed by atoms with Crippen molar-refractivity contribution in [1.29, 1.82) is 0 Å². The van der Waals surface area contributed by atoms with Gasteiger partial charge in [-0.05, 0) is 12.1 Å². The standard InChI is InChI=1S/C11H13N3O5/c1-19-8(15)5-7(11(17)18)14-10(16)9-6(12)3-2-4-13-9/h2-4,7H,5,12H2,1H3,(H,14,16)(H,17,18)/t7-/m0/s1. The Bertz CT molecular complexity index is 503. The van der Waals surface area contributed by atoms with Crippen molar-refractivity contribution >= 4 is 23.5 Å². The van der Waals surface area contributed by atoms with E-state index in [1.165, 1.54) is 18.3 Å². The summed E-state index contributed by atoms with van der Waals surface area (Å²) in [6.45, 7) is 0. The van der Waals surface area contributed by atoms with Crippen LogP contribution in [0.1, 0.15) is 16.9 Å². The monoisotopic (exact) mass is 267 g/mol. The fourth-order valence-electron chi connectivity index (χ4n) is 1.28. The number of pyridine rings is 1. The van der Waals surface area contributed by atoms with Crippen molar-refractivity contribution < 1.29 is 24.2 Å². The number of nitrogens with zero attached hydrogens (tertiary/aromatic N) is 1. The third-order valence-corrected chi connectivity index (χ3v) is 2.26. The molecule has 1 amide bonds. The van der Waals surface area contributed by atoms with Gasteiger partial charge in [0.2, 0.25) is 0 Å². The van der Waals surface area contributed by atoms with Crippen LogP contribution in [0, 0.1) is 0 Å². The van der Waals surface area contributed by atoms with E-state index in [1.54, 1.807) is 0 Å². The molecule has 0 aliphatic carbocycles. The first kappa shape index (κ1) is 14.4. The van der Waals surface area contributed by atoms with Crippen molar-refractivity contribution in [3.8, 4) is 0 Å². The maximum absolute atomic E-state index is 11.8. The first-order chi connectivity index (χ1) is 8.95. The van der Waals surface area contributed by atoms with E-state index in [1.807, 2.05) is 0 Å². The molecule has 19 heavy (non-hydrogen) atoms. The second-order valence-electron chi connectivity index (χ2n) is 3.59. The molecule has 0 radical (unpaired) electrons. The van der Waals surface area contributed by atoms with Gasteiger partial charge in [0.15, 0.2) is 5.69 Å². The smallest absolute Gasteiger partial charge is 0.326 e. The first-order valence-corrected chi connectivity index (χ1v) is 5.26. The van der Waals surface area contributed by atoms with E-state index >= 15 is 0 Å². The van der Waals surface area contributed by atoms with Gasteiger partial charge >= 0.3 is 11.9 Å². The van der Waals surface area contributed by atoms with Gasteiger partial charge in [-0.15, -0.1) is 0 Å². The number of methoxy groups -OCH3 is 1. The normalized spacial score (nSPS) is 11.4. The second-order valence-corrected chi connectivity index (χ2v) is 3.59. The summed E-state index contributed by atoms with van der Waals surface area (Å²) in [7, 11) is 1.12. The number of ether oxygens (including phenoxy) is 1. The molecule has 0 fully saturated rings. The Balaban J connectivity index is 2.80. The highest BCUT2D eigenvalue weighted by Crippen LogP contribution is 2.07. The topological polar surface area (TPSA) is 132 Å². The van der Waals surface area contributed by atoms with Gasteiger partial charge < -0.3 is 20.9 Å². The number of hydrogen-bond acceptors (Lipinski definition) is 6. The third-order valence-electron chi connectivity index (χ3n) is 2.26. The van der Waals surface area contributed by atoms with Gasteiger partial charge in [0.1, 0.15) is 6.04 Å². The minimum atomic E-state index is -1.40. The number of aromatic nitrogens is 1. The minimum Gasteiger partial charge on any atom is -0.480 e. The number of nitrogens with two attached hydrogens (primary N) is 1. The van der Waals surface area contributed by atoms with Crippen molar-refractivity contribution in [3.05, 3.63) is 24.0 Å². The molecule has 8 heteroatoms. The average Bonchev–Trinajstić information content (AvgIpc) is 2.37. The zero-order chi connectivity index (χ0) is 14.4. The van der Waals surface area contributed by atoms with Crippen LogP contribution in [0.2, 0.25) is 0 Å². The average molecular weight is 267 g/mol. The van der Waals surface area contributed by atoms with Crippen LogP contribution in [0.4, 0.5) is 5.69 Å². The Morgan fingerprint density at radius 3 is 2.74 bits per heavy atom. The molecular weight excluding hydrogens is 254 g/mol. The number of aliphatic carboxylic acids is 1. The highest BCUT2D eigenvalue weighted by molar-refractivity contribution is 5.99. The number of rotatable bonds is 5. The van der Waals surface area contributed by atoms with Gasteiger partial charge in [0.25, 0.3) is 5.91 Å². The van der Waals surface area contributed by atoms with Crippen LogP contribution in [0.25, 0.3) is 0 Å². The lowest BCUT2D eigenvalue weighted by molar-refractivity contribution is -0.147. The van der Waals surface area contributed by atoms with Crippen LogP contribution in [-0.2, 0) is 14.3 Å². The number of hydrogen-bond donors (Lipinski definition) is 3. The Morgan fingerprint density at radius 2 is 2.21 bits per heavy atom. The molecule has 0 saturated carbocycles. The molecule has 8 nitrogen and oxygen atoms in total. The molecule has 1 heterocycles. The number of amides is 1. The molecule has 0 bridgehead atoms. The molecule has 1 atom stereocenters. The lowest BCUT2D eigenvalue weighted by Gasteiger charge is -2.13. The summed E-state index contributed by atoms with van der Waals surface area (Å²) in [6, 6.07) is 1.59. The molecule has 0 aromatic carbocycles. The molecule has 1 aromatic heterocycles. The Hall–Kier alpha value is -2.64. The van der Waals surface area contributed by atoms with E-state index in [-0.39, 0.29) is 11.4 Å². The molecular formula is C11H13N3O5. The summed E-state index contributed by atoms with van der Waals surface area (Å²) < 4.78 is 4.35. The van der Waals surface area contributed by atoms with Gasteiger partial charge in [0, 0.05) is 6.20 Å². The highest BCUT2D eigenvalue weighted by Gasteiger charge is 2.25. The second kappa shape index (κ2) is 6.34. The summed E-state index contributed by atoms with van der Waals surface area (Å²) in [5, 5.41) is 11.1. The fraction of sp³-hybridized carbons (Fsp3) is 0.273. The number of esters is 1. The number of carboxylic acid groups (broad SMARTS) is 1. The van der Waals surface area contributed by atoms with E-state index in [0.717, 1.165) is 7.11 Å². The summed E-state index contributed by atoms with van der Waals surface area (Å²) in [6.07, 6.45) is 0.867. The molecule has 0 aliphatic heterocycles. The SMILES string of the molecule is COC(=O)C[C@H](NC(=O)c1ncccc1N)C(=O)O. The molecule has 1 rings (SSSR count). The Kier molecular flexibility index (Phi) is 4.81. The van der Waals surface area contributed by atoms with Gasteiger partial charge in [-0.3, -0.25) is 9.59 Å². The number of carbonyl (C=O) groups is 3. The van der Waals surface area contributed by atoms with Crippen LogP contribution in [0.5, 0.6) is 0 Å². The van der Waals surface area contributed by atoms with Crippen molar-refractivity contribution in [3.63, 3.8) is 0 Å². The van der Waals surface area contributed by atoms with Crippen LogP contribution in [0.15, 0.2) is 18.3 Å². The van der Waals surface area contributed by atoms with Gasteiger partial charge in [0.05, 0.1) is 19.2 Å². The van der Waals surface area contributed by atoms with Crippen LogP contribution >= 0.6 is 0 Å². The zero-order valence-corrected chi connectivity index (χ0v) is 10.1. The number of nitrogen functional groups attached to an aromatic ring is 1. The summed E-state index contributed by atoms with van der Waals surface area (Å²) in [4.78, 5) is 37.5. The summed E-state index contributed by atoms with van der Waals surface area (Å²) in [5.41, 5.74) is 5.55. The van der Waals surface area contributed by atoms with Crippen LogP contribution < -0.4 is 11.1 Å². The molecule has 4 N–H and O–H groups in total. The lowest BCUT2D eigenvalue weighted by Crippen LogP contribution is -2.42. The predicted octanol–water partition coefficient (Wildman–Crippen LogP) is -0.590. The maximum Gasteiger partial charge on any atom is 0.326 e. The number of carboxylic acids is 1. The quantitative estimate of drug-likeness (QED) is 0.607. The molecule has 0 spiro atoms. The maximum atomic E-state index is 11.8. The lowest BCUT2D eigenvalue weighted by atomic mass is 10.2. The molecule has 0 aliphatic rings. The van der Waals surface area contributed by atoms with E-state index in [2.05, 4.69) is 15.0 Å². The number of nitrogens with one attached hydrogen (secondary N) is 1. The molecule has 0 unspecified atom stereocenters. The van der Waals surface area contributed by atoms with Crippen LogP contribution in [-0.4, -0.2) is 41.1 Å². The number of anilines is 1. The van der Waals surface area contributed by atoms with Crippen molar-refractivity contribution in [1.82, 2.24) is 10.3 Å². The highest BCUT2D eigenvalue weighted by atomic mass is 16.5. The van der Waals surface area contributed by atoms with Crippen molar-refractivity contribution in [2.24, 2.45) is 0 Å². The third kappa shape index (κ3) is 3.95. The molecule has 0 saturated heterocycles. The summed E-state index contributed by atoms with van der Waals surface area (Å²) in [5.74, 6) is -2.87. The van der Waals surface area contributed by atoms with Gasteiger partial charge in [-0.1, -0.05) is 0 Å². The zero-order valence-electron chi connectivity index (χ0n) is 10.1. The fourth-order valence-corrected chi connectivity index (χ4v) is 1.28. The summed E-state index contributed by atoms with van der Waals surface area (Å²) >= 11 is 0. The minimum absolute atomic E-state index is 0.0985. The van der Waals surface area contributed by atoms with E-state index in [9.17, 15) is 14.4 Å². The Labute approximate surface area is 108 Å². The van der Waals surface area contributed by atoms with E-state index in [4.69, 9.17) is 10.8 Å². The predicted molar refractivity (Wildman–Crippen MR) is 64.2 cm³/mol. The van der Waals surface area contributed by atoms with E-state index in [0.29, 0.717) is 0 Å². The van der Waals surface area contributed by atoms with Crippen molar-refractivity contribution in [2.45, 2.75) is 12.5 Å². The Morgan fingerprint density at radius 1 is 1.53 bits per heavy atom. The van der Waals surface area contributed by atoms with E-state index < -0.39 is 30.3 Å². The molecule has 1 aromatic rings. The van der Waals surface area contributed by atoms with Gasteiger partial charge in [-0.2, -0.15) is 0 Å². The van der Waals surface area contributed by atoms with Crippen LogP contribution in [0.3, 0.4) is 0 Å².